The van der Waals surface area contributed by atoms with Crippen molar-refractivity contribution < 1.29 is 14.6 Å². The molecule has 0 bridgehead atoms. The first-order valence-electron chi connectivity index (χ1n) is 8.51. The van der Waals surface area contributed by atoms with Crippen LogP contribution in [0.25, 0.3) is 5.57 Å². The molecule has 4 rings (SSSR count). The molecule has 2 N–H and O–H groups in total. The molecule has 0 aliphatic carbocycles. The number of rotatable bonds is 3. The van der Waals surface area contributed by atoms with Gasteiger partial charge in [0.2, 0.25) is 0 Å². The summed E-state index contributed by atoms with van der Waals surface area (Å²) in [6.07, 6.45) is 3.15. The lowest BCUT2D eigenvalue weighted by atomic mass is 9.99. The SMILES string of the molecule is O=C(O)NCC1=CCOc2cc(N3CCCc4ccccc43)ccc21. The standard InChI is InChI=1S/C20H20N2O3/c23-20(24)21-13-15-9-11-25-19-12-16(7-8-17(15)19)22-10-3-5-14-4-1-2-6-18(14)22/h1-2,4,6-9,12,21H,3,5,10-11,13H2,(H,23,24). The van der Waals surface area contributed by atoms with Gasteiger partial charge in [0.15, 0.2) is 0 Å². The summed E-state index contributed by atoms with van der Waals surface area (Å²) in [6, 6.07) is 14.7. The third-order valence-electron chi connectivity index (χ3n) is 4.73. The fraction of sp³-hybridized carbons (Fsp3) is 0.250. The second kappa shape index (κ2) is 6.51. The predicted octanol–water partition coefficient (Wildman–Crippen LogP) is 3.81. The monoisotopic (exact) mass is 336 g/mol. The zero-order valence-corrected chi connectivity index (χ0v) is 13.9. The van der Waals surface area contributed by atoms with Crippen LogP contribution in [0.3, 0.4) is 0 Å². The number of carbonyl (C=O) groups is 1. The minimum atomic E-state index is -1.02. The molecular weight excluding hydrogens is 316 g/mol. The summed E-state index contributed by atoms with van der Waals surface area (Å²) in [7, 11) is 0. The number of aryl methyl sites for hydroxylation is 1. The van der Waals surface area contributed by atoms with Crippen molar-refractivity contribution in [3.63, 3.8) is 0 Å². The molecule has 0 fully saturated rings. The van der Waals surface area contributed by atoms with E-state index in [0.717, 1.165) is 42.0 Å². The van der Waals surface area contributed by atoms with Gasteiger partial charge in [0, 0.05) is 36.1 Å². The van der Waals surface area contributed by atoms with Crippen molar-refractivity contribution in [2.45, 2.75) is 12.8 Å². The Morgan fingerprint density at radius 1 is 1.24 bits per heavy atom. The number of anilines is 2. The van der Waals surface area contributed by atoms with Gasteiger partial charge >= 0.3 is 6.09 Å². The van der Waals surface area contributed by atoms with E-state index in [0.29, 0.717) is 6.61 Å². The molecule has 1 amide bonds. The highest BCUT2D eigenvalue weighted by atomic mass is 16.5. The summed E-state index contributed by atoms with van der Waals surface area (Å²) in [5.74, 6) is 0.810. The Bertz CT molecular complexity index is 845. The summed E-state index contributed by atoms with van der Waals surface area (Å²) in [5.41, 5.74) is 5.65. The average Bonchev–Trinajstić information content (AvgIpc) is 2.65. The summed E-state index contributed by atoms with van der Waals surface area (Å²) in [6.45, 7) is 1.74. The van der Waals surface area contributed by atoms with E-state index in [4.69, 9.17) is 9.84 Å². The highest BCUT2D eigenvalue weighted by Gasteiger charge is 2.21. The van der Waals surface area contributed by atoms with Crippen LogP contribution in [0.2, 0.25) is 0 Å². The maximum Gasteiger partial charge on any atom is 0.404 e. The van der Waals surface area contributed by atoms with Gasteiger partial charge in [-0.05, 0) is 48.3 Å². The van der Waals surface area contributed by atoms with E-state index in [1.165, 1.54) is 11.3 Å². The Labute approximate surface area is 146 Å². The lowest BCUT2D eigenvalue weighted by Gasteiger charge is -2.32. The van der Waals surface area contributed by atoms with E-state index in [2.05, 4.69) is 46.6 Å². The zero-order chi connectivity index (χ0) is 17.2. The van der Waals surface area contributed by atoms with Crippen molar-refractivity contribution >= 4 is 23.0 Å². The number of nitrogens with zero attached hydrogens (tertiary/aromatic N) is 1. The zero-order valence-electron chi connectivity index (χ0n) is 13.9. The van der Waals surface area contributed by atoms with E-state index in [9.17, 15) is 4.79 Å². The van der Waals surface area contributed by atoms with Crippen molar-refractivity contribution in [3.05, 3.63) is 59.7 Å². The lowest BCUT2D eigenvalue weighted by Crippen LogP contribution is -2.25. The average molecular weight is 336 g/mol. The molecule has 0 atom stereocenters. The highest BCUT2D eigenvalue weighted by molar-refractivity contribution is 5.79. The van der Waals surface area contributed by atoms with Gasteiger partial charge in [-0.25, -0.2) is 4.79 Å². The number of para-hydroxylation sites is 1. The van der Waals surface area contributed by atoms with Crippen molar-refractivity contribution in [2.24, 2.45) is 0 Å². The van der Waals surface area contributed by atoms with Crippen molar-refractivity contribution in [3.8, 4) is 5.75 Å². The molecule has 2 aromatic carbocycles. The van der Waals surface area contributed by atoms with Gasteiger partial charge in [-0.1, -0.05) is 18.2 Å². The molecule has 128 valence electrons. The molecule has 5 heteroatoms. The van der Waals surface area contributed by atoms with Crippen LogP contribution in [0.1, 0.15) is 17.5 Å². The fourth-order valence-corrected chi connectivity index (χ4v) is 3.55. The summed E-state index contributed by atoms with van der Waals surface area (Å²) < 4.78 is 5.80. The number of nitrogens with one attached hydrogen (secondary N) is 1. The van der Waals surface area contributed by atoms with Gasteiger partial charge in [0.25, 0.3) is 0 Å². The molecule has 0 radical (unpaired) electrons. The Kier molecular flexibility index (Phi) is 4.06. The summed E-state index contributed by atoms with van der Waals surface area (Å²) in [4.78, 5) is 13.1. The van der Waals surface area contributed by atoms with Crippen LogP contribution in [0, 0.1) is 0 Å². The van der Waals surface area contributed by atoms with Crippen molar-refractivity contribution in [2.75, 3.05) is 24.6 Å². The third kappa shape index (κ3) is 3.05. The molecule has 5 nitrogen and oxygen atoms in total. The number of ether oxygens (including phenoxy) is 1. The molecule has 25 heavy (non-hydrogen) atoms. The molecule has 2 aliphatic heterocycles. The van der Waals surface area contributed by atoms with Gasteiger partial charge in [-0.3, -0.25) is 0 Å². The normalized spacial score (nSPS) is 15.5. The summed E-state index contributed by atoms with van der Waals surface area (Å²) >= 11 is 0. The van der Waals surface area contributed by atoms with Crippen molar-refractivity contribution in [1.82, 2.24) is 5.32 Å². The smallest absolute Gasteiger partial charge is 0.404 e. The fourth-order valence-electron chi connectivity index (χ4n) is 3.55. The van der Waals surface area contributed by atoms with Crippen LogP contribution in [0.4, 0.5) is 16.2 Å². The van der Waals surface area contributed by atoms with Gasteiger partial charge in [-0.15, -0.1) is 0 Å². The van der Waals surface area contributed by atoms with Gasteiger partial charge < -0.3 is 20.1 Å². The minimum absolute atomic E-state index is 0.289. The number of fused-ring (bicyclic) bond motifs is 2. The number of carboxylic acid groups (broad SMARTS) is 1. The van der Waals surface area contributed by atoms with Crippen molar-refractivity contribution in [1.29, 1.82) is 0 Å². The Hall–Kier alpha value is -2.95. The van der Waals surface area contributed by atoms with E-state index < -0.39 is 6.09 Å². The van der Waals surface area contributed by atoms with E-state index >= 15 is 0 Å². The van der Waals surface area contributed by atoms with Gasteiger partial charge in [0.05, 0.1) is 0 Å². The maximum absolute atomic E-state index is 10.8. The number of amides is 1. The number of benzene rings is 2. The maximum atomic E-state index is 10.8. The van der Waals surface area contributed by atoms with E-state index in [1.807, 2.05) is 12.1 Å². The molecular formula is C20H20N2O3. The molecule has 2 aromatic rings. The Morgan fingerprint density at radius 2 is 2.12 bits per heavy atom. The first-order valence-corrected chi connectivity index (χ1v) is 8.51. The van der Waals surface area contributed by atoms with Crippen LogP contribution in [0.15, 0.2) is 48.5 Å². The lowest BCUT2D eigenvalue weighted by molar-refractivity contribution is 0.196. The second-order valence-corrected chi connectivity index (χ2v) is 6.26. The van der Waals surface area contributed by atoms with Gasteiger partial charge in [-0.2, -0.15) is 0 Å². The van der Waals surface area contributed by atoms with Crippen LogP contribution in [-0.2, 0) is 6.42 Å². The van der Waals surface area contributed by atoms with Crippen LogP contribution in [0.5, 0.6) is 5.75 Å². The molecule has 2 aliphatic rings. The first kappa shape index (κ1) is 15.6. The predicted molar refractivity (Wildman–Crippen MR) is 97.7 cm³/mol. The third-order valence-corrected chi connectivity index (χ3v) is 4.73. The number of hydrogen-bond acceptors (Lipinski definition) is 3. The Morgan fingerprint density at radius 3 is 3.00 bits per heavy atom. The minimum Gasteiger partial charge on any atom is -0.489 e. The van der Waals surface area contributed by atoms with Gasteiger partial charge in [0.1, 0.15) is 12.4 Å². The topological polar surface area (TPSA) is 61.8 Å². The quantitative estimate of drug-likeness (QED) is 0.895. The molecule has 0 spiro atoms. The summed E-state index contributed by atoms with van der Waals surface area (Å²) in [5, 5.41) is 11.3. The first-order chi connectivity index (χ1) is 12.2. The molecule has 0 saturated carbocycles. The largest absolute Gasteiger partial charge is 0.489 e. The highest BCUT2D eigenvalue weighted by Crippen LogP contribution is 2.38. The van der Waals surface area contributed by atoms with Crippen LogP contribution in [-0.4, -0.2) is 30.9 Å². The van der Waals surface area contributed by atoms with E-state index in [1.54, 1.807) is 0 Å². The Balaban J connectivity index is 1.65. The molecule has 0 aromatic heterocycles. The van der Waals surface area contributed by atoms with Crippen LogP contribution < -0.4 is 15.0 Å². The molecule has 2 heterocycles. The van der Waals surface area contributed by atoms with Crippen LogP contribution >= 0.6 is 0 Å². The van der Waals surface area contributed by atoms with E-state index in [-0.39, 0.29) is 6.54 Å². The molecule has 0 unspecified atom stereocenters. The number of hydrogen-bond donors (Lipinski definition) is 2. The molecule has 0 saturated heterocycles. The second-order valence-electron chi connectivity index (χ2n) is 6.26.